The lowest BCUT2D eigenvalue weighted by Crippen LogP contribution is -2.13. The summed E-state index contributed by atoms with van der Waals surface area (Å²) in [5, 5.41) is 10.7. The predicted octanol–water partition coefficient (Wildman–Crippen LogP) is 2.41. The van der Waals surface area contributed by atoms with Gasteiger partial charge < -0.3 is 5.11 Å². The molecule has 0 radical (unpaired) electrons. The quantitative estimate of drug-likeness (QED) is 0.910. The number of halogens is 1. The molecule has 1 N–H and O–H groups in total. The van der Waals surface area contributed by atoms with Gasteiger partial charge in [0.25, 0.3) is 0 Å². The number of rotatable bonds is 3. The zero-order valence-electron chi connectivity index (χ0n) is 6.79. The average Bonchev–Trinajstić information content (AvgIpc) is 2.65. The van der Waals surface area contributed by atoms with Crippen molar-refractivity contribution < 1.29 is 9.90 Å². The molecule has 1 aromatic heterocycles. The Balaban J connectivity index is 2.20. The van der Waals surface area contributed by atoms with E-state index in [4.69, 9.17) is 5.11 Å². The van der Waals surface area contributed by atoms with Gasteiger partial charge in [-0.2, -0.15) is 0 Å². The van der Waals surface area contributed by atoms with Crippen LogP contribution in [0.5, 0.6) is 0 Å². The highest BCUT2D eigenvalue weighted by molar-refractivity contribution is 9.11. The maximum atomic E-state index is 10.6. The summed E-state index contributed by atoms with van der Waals surface area (Å²) in [7, 11) is 0. The fraction of sp³-hybridized carbons (Fsp3) is 0.500. The van der Waals surface area contributed by atoms with E-state index in [0.29, 0.717) is 0 Å². The van der Waals surface area contributed by atoms with Crippen molar-refractivity contribution in [3.63, 3.8) is 0 Å². The second-order valence-electron chi connectivity index (χ2n) is 3.34. The zero-order chi connectivity index (χ0) is 9.47. The van der Waals surface area contributed by atoms with E-state index in [1.54, 1.807) is 0 Å². The van der Waals surface area contributed by atoms with E-state index in [2.05, 4.69) is 20.9 Å². The van der Waals surface area contributed by atoms with Crippen LogP contribution in [0, 0.1) is 0 Å². The summed E-state index contributed by atoms with van der Waals surface area (Å²) in [4.78, 5) is 14.9. The Morgan fingerprint density at radius 1 is 1.77 bits per heavy atom. The van der Waals surface area contributed by atoms with Gasteiger partial charge in [-0.1, -0.05) is 0 Å². The van der Waals surface area contributed by atoms with Gasteiger partial charge in [-0.25, -0.2) is 4.98 Å². The fourth-order valence-electron chi connectivity index (χ4n) is 1.46. The summed E-state index contributed by atoms with van der Waals surface area (Å²) in [5.74, 6) is -0.735. The highest BCUT2D eigenvalue weighted by Gasteiger charge is 2.47. The Labute approximate surface area is 87.9 Å². The lowest BCUT2D eigenvalue weighted by Gasteiger charge is -2.07. The molecule has 1 heterocycles. The molecule has 0 bridgehead atoms. The maximum absolute atomic E-state index is 10.6. The SMILES string of the molecule is O=C(O)CC1(c2csc(Br)n2)CC1. The summed E-state index contributed by atoms with van der Waals surface area (Å²) >= 11 is 4.79. The molecule has 0 spiro atoms. The van der Waals surface area contributed by atoms with Gasteiger partial charge >= 0.3 is 5.97 Å². The van der Waals surface area contributed by atoms with E-state index in [-0.39, 0.29) is 11.8 Å². The van der Waals surface area contributed by atoms with E-state index in [0.717, 1.165) is 22.5 Å². The van der Waals surface area contributed by atoms with Gasteiger partial charge in [0.1, 0.15) is 0 Å². The molecule has 2 rings (SSSR count). The number of aliphatic carboxylic acids is 1. The van der Waals surface area contributed by atoms with Crippen LogP contribution in [0.2, 0.25) is 0 Å². The monoisotopic (exact) mass is 261 g/mol. The molecule has 1 saturated carbocycles. The summed E-state index contributed by atoms with van der Waals surface area (Å²) in [6.07, 6.45) is 2.12. The smallest absolute Gasteiger partial charge is 0.304 e. The topological polar surface area (TPSA) is 50.2 Å². The van der Waals surface area contributed by atoms with Crippen LogP contribution in [0.1, 0.15) is 25.0 Å². The van der Waals surface area contributed by atoms with Gasteiger partial charge in [-0.05, 0) is 28.8 Å². The molecule has 5 heteroatoms. The molecule has 0 aliphatic heterocycles. The first-order valence-corrected chi connectivity index (χ1v) is 5.63. The second kappa shape index (κ2) is 3.06. The Bertz CT molecular complexity index is 346. The minimum atomic E-state index is -0.735. The van der Waals surface area contributed by atoms with Crippen LogP contribution in [0.3, 0.4) is 0 Å². The van der Waals surface area contributed by atoms with Crippen LogP contribution in [-0.4, -0.2) is 16.1 Å². The third-order valence-corrected chi connectivity index (χ3v) is 3.73. The first-order chi connectivity index (χ1) is 6.12. The highest BCUT2D eigenvalue weighted by atomic mass is 79.9. The van der Waals surface area contributed by atoms with E-state index in [1.165, 1.54) is 11.3 Å². The Morgan fingerprint density at radius 3 is 2.85 bits per heavy atom. The van der Waals surface area contributed by atoms with Crippen molar-refractivity contribution >= 4 is 33.2 Å². The fourth-order valence-corrected chi connectivity index (χ4v) is 2.59. The van der Waals surface area contributed by atoms with Crippen molar-refractivity contribution in [1.29, 1.82) is 0 Å². The third kappa shape index (κ3) is 1.76. The van der Waals surface area contributed by atoms with Crippen molar-refractivity contribution in [3.05, 3.63) is 15.0 Å². The van der Waals surface area contributed by atoms with Crippen LogP contribution in [0.15, 0.2) is 9.30 Å². The average molecular weight is 262 g/mol. The molecule has 70 valence electrons. The number of hydrogen-bond donors (Lipinski definition) is 1. The van der Waals surface area contributed by atoms with Crippen molar-refractivity contribution in [2.75, 3.05) is 0 Å². The number of thiazole rings is 1. The molecular weight excluding hydrogens is 254 g/mol. The molecule has 13 heavy (non-hydrogen) atoms. The van der Waals surface area contributed by atoms with Gasteiger partial charge in [0.05, 0.1) is 12.1 Å². The van der Waals surface area contributed by atoms with Crippen molar-refractivity contribution in [1.82, 2.24) is 4.98 Å². The van der Waals surface area contributed by atoms with Gasteiger partial charge in [-0.3, -0.25) is 4.79 Å². The lowest BCUT2D eigenvalue weighted by atomic mass is 9.99. The normalized spacial score (nSPS) is 18.5. The first kappa shape index (κ1) is 9.15. The van der Waals surface area contributed by atoms with E-state index < -0.39 is 5.97 Å². The van der Waals surface area contributed by atoms with Crippen LogP contribution < -0.4 is 0 Å². The molecule has 0 amide bonds. The van der Waals surface area contributed by atoms with E-state index in [1.807, 2.05) is 5.38 Å². The lowest BCUT2D eigenvalue weighted by molar-refractivity contribution is -0.137. The number of hydrogen-bond acceptors (Lipinski definition) is 3. The Morgan fingerprint density at radius 2 is 2.46 bits per heavy atom. The minimum absolute atomic E-state index is 0.144. The Hall–Kier alpha value is -0.420. The van der Waals surface area contributed by atoms with Crippen LogP contribution in [-0.2, 0) is 10.2 Å². The molecule has 0 atom stereocenters. The zero-order valence-corrected chi connectivity index (χ0v) is 9.19. The van der Waals surface area contributed by atoms with Crippen molar-refractivity contribution in [3.8, 4) is 0 Å². The molecule has 1 aliphatic carbocycles. The molecule has 0 unspecified atom stereocenters. The molecule has 3 nitrogen and oxygen atoms in total. The molecular formula is C8H8BrNO2S. The summed E-state index contributed by atoms with van der Waals surface area (Å²) < 4.78 is 0.833. The van der Waals surface area contributed by atoms with Crippen molar-refractivity contribution in [2.24, 2.45) is 0 Å². The van der Waals surface area contributed by atoms with Crippen molar-refractivity contribution in [2.45, 2.75) is 24.7 Å². The number of aromatic nitrogens is 1. The van der Waals surface area contributed by atoms with Gasteiger partial charge in [-0.15, -0.1) is 11.3 Å². The second-order valence-corrected chi connectivity index (χ2v) is 5.47. The Kier molecular flexibility index (Phi) is 2.15. The maximum Gasteiger partial charge on any atom is 0.304 e. The van der Waals surface area contributed by atoms with Gasteiger partial charge in [0.15, 0.2) is 3.92 Å². The molecule has 0 saturated heterocycles. The van der Waals surface area contributed by atoms with E-state index in [9.17, 15) is 4.79 Å². The number of carboxylic acids is 1. The summed E-state index contributed by atoms with van der Waals surface area (Å²) in [6, 6.07) is 0. The van der Waals surface area contributed by atoms with E-state index >= 15 is 0 Å². The molecule has 1 aliphatic rings. The van der Waals surface area contributed by atoms with Crippen LogP contribution in [0.25, 0.3) is 0 Å². The first-order valence-electron chi connectivity index (χ1n) is 3.96. The van der Waals surface area contributed by atoms with Crippen LogP contribution in [0.4, 0.5) is 0 Å². The number of nitrogens with zero attached hydrogens (tertiary/aromatic N) is 1. The minimum Gasteiger partial charge on any atom is -0.481 e. The molecule has 1 fully saturated rings. The molecule has 1 aromatic rings. The standard InChI is InChI=1S/C8H8BrNO2S/c9-7-10-5(4-13-7)8(1-2-8)3-6(11)12/h4H,1-3H2,(H,11,12). The van der Waals surface area contributed by atoms with Gasteiger partial charge in [0.2, 0.25) is 0 Å². The predicted molar refractivity (Wildman–Crippen MR) is 53.0 cm³/mol. The third-order valence-electron chi connectivity index (χ3n) is 2.36. The largest absolute Gasteiger partial charge is 0.481 e. The molecule has 0 aromatic carbocycles. The summed E-state index contributed by atoms with van der Waals surface area (Å²) in [6.45, 7) is 0. The number of carboxylic acid groups (broad SMARTS) is 1. The van der Waals surface area contributed by atoms with Gasteiger partial charge in [0, 0.05) is 10.8 Å². The number of carbonyl (C=O) groups is 1. The van der Waals surface area contributed by atoms with Crippen LogP contribution >= 0.6 is 27.3 Å². The highest BCUT2D eigenvalue weighted by Crippen LogP contribution is 2.51. The summed E-state index contributed by atoms with van der Waals surface area (Å²) in [5.41, 5.74) is 0.792.